The molecule has 0 unspecified atom stereocenters. The number of hydrogen-bond acceptors (Lipinski definition) is 3. The van der Waals surface area contributed by atoms with Crippen LogP contribution in [0.5, 0.6) is 5.75 Å². The number of benzene rings is 2. The second kappa shape index (κ2) is 7.53. The third-order valence-corrected chi connectivity index (χ3v) is 4.49. The van der Waals surface area contributed by atoms with Crippen molar-refractivity contribution < 1.29 is 27.5 Å². The highest BCUT2D eigenvalue weighted by atomic mass is 19.4. The summed E-state index contributed by atoms with van der Waals surface area (Å²) in [6.07, 6.45) is -3.84. The van der Waals surface area contributed by atoms with Gasteiger partial charge in [0.2, 0.25) is 11.8 Å². The van der Waals surface area contributed by atoms with Crippen molar-refractivity contribution in [2.24, 2.45) is 5.41 Å². The largest absolute Gasteiger partial charge is 0.494 e. The van der Waals surface area contributed by atoms with Gasteiger partial charge in [0.25, 0.3) is 0 Å². The molecule has 0 saturated heterocycles. The van der Waals surface area contributed by atoms with Gasteiger partial charge < -0.3 is 15.4 Å². The second-order valence-electron chi connectivity index (χ2n) is 6.53. The average Bonchev–Trinajstić information content (AvgIpc) is 3.45. The molecule has 0 spiro atoms. The Morgan fingerprint density at radius 3 is 2.14 bits per heavy atom. The van der Waals surface area contributed by atoms with Gasteiger partial charge in [-0.3, -0.25) is 9.59 Å². The zero-order chi connectivity index (χ0) is 20.4. The predicted octanol–water partition coefficient (Wildman–Crippen LogP) is 4.46. The van der Waals surface area contributed by atoms with Gasteiger partial charge in [0.15, 0.2) is 0 Å². The lowest BCUT2D eigenvalue weighted by atomic mass is 10.0. The van der Waals surface area contributed by atoms with Crippen LogP contribution in [-0.4, -0.2) is 18.4 Å². The number of nitrogens with one attached hydrogen (secondary N) is 2. The van der Waals surface area contributed by atoms with Gasteiger partial charge in [-0.25, -0.2) is 0 Å². The van der Waals surface area contributed by atoms with E-state index in [1.54, 1.807) is 24.3 Å². The van der Waals surface area contributed by atoms with Crippen LogP contribution in [0.25, 0.3) is 0 Å². The van der Waals surface area contributed by atoms with Crippen molar-refractivity contribution in [3.8, 4) is 5.75 Å². The number of carbonyl (C=O) groups excluding carboxylic acids is 2. The first kappa shape index (κ1) is 19.7. The van der Waals surface area contributed by atoms with Crippen LogP contribution in [-0.2, 0) is 15.8 Å². The van der Waals surface area contributed by atoms with Gasteiger partial charge in [-0.2, -0.15) is 13.2 Å². The quantitative estimate of drug-likeness (QED) is 0.714. The normalized spacial score (nSPS) is 14.9. The lowest BCUT2D eigenvalue weighted by Gasteiger charge is -2.16. The van der Waals surface area contributed by atoms with Crippen molar-refractivity contribution in [2.45, 2.75) is 25.9 Å². The molecule has 2 aromatic rings. The van der Waals surface area contributed by atoms with Gasteiger partial charge in [-0.15, -0.1) is 0 Å². The molecule has 1 fully saturated rings. The van der Waals surface area contributed by atoms with Gasteiger partial charge in [0, 0.05) is 11.4 Å². The Labute approximate surface area is 159 Å². The SMILES string of the molecule is CCOc1ccc(NC(=O)C2(C(=O)Nc3cccc(C(F)(F)F)c3)CC2)cc1. The zero-order valence-corrected chi connectivity index (χ0v) is 15.1. The second-order valence-corrected chi connectivity index (χ2v) is 6.53. The van der Waals surface area contributed by atoms with E-state index in [0.29, 0.717) is 30.9 Å². The van der Waals surface area contributed by atoms with E-state index in [0.717, 1.165) is 12.1 Å². The van der Waals surface area contributed by atoms with Crippen molar-refractivity contribution >= 4 is 23.2 Å². The molecule has 2 N–H and O–H groups in total. The van der Waals surface area contributed by atoms with E-state index >= 15 is 0 Å². The van der Waals surface area contributed by atoms with E-state index in [1.165, 1.54) is 12.1 Å². The Bertz CT molecular complexity index is 875. The van der Waals surface area contributed by atoms with Gasteiger partial charge >= 0.3 is 6.18 Å². The maximum Gasteiger partial charge on any atom is 0.416 e. The average molecular weight is 392 g/mol. The monoisotopic (exact) mass is 392 g/mol. The summed E-state index contributed by atoms with van der Waals surface area (Å²) in [6, 6.07) is 11.0. The van der Waals surface area contributed by atoms with Gasteiger partial charge in [-0.05, 0) is 62.2 Å². The number of ether oxygens (including phenoxy) is 1. The predicted molar refractivity (Wildman–Crippen MR) is 98.0 cm³/mol. The molecule has 1 aliphatic rings. The summed E-state index contributed by atoms with van der Waals surface area (Å²) in [5.74, 6) is -0.444. The van der Waals surface area contributed by atoms with Crippen LogP contribution in [0.3, 0.4) is 0 Å². The number of alkyl halides is 3. The van der Waals surface area contributed by atoms with Gasteiger partial charge in [0.05, 0.1) is 12.2 Å². The fourth-order valence-electron chi connectivity index (χ4n) is 2.76. The van der Waals surface area contributed by atoms with Crippen LogP contribution in [0.15, 0.2) is 48.5 Å². The number of carbonyl (C=O) groups is 2. The molecule has 0 atom stereocenters. The Kier molecular flexibility index (Phi) is 5.31. The minimum Gasteiger partial charge on any atom is -0.494 e. The summed E-state index contributed by atoms with van der Waals surface area (Å²) in [5.41, 5.74) is -1.63. The van der Waals surface area contributed by atoms with Crippen molar-refractivity contribution in [1.82, 2.24) is 0 Å². The van der Waals surface area contributed by atoms with E-state index in [1.807, 2.05) is 6.92 Å². The van der Waals surface area contributed by atoms with Crippen molar-refractivity contribution in [3.05, 3.63) is 54.1 Å². The van der Waals surface area contributed by atoms with Crippen LogP contribution < -0.4 is 15.4 Å². The topological polar surface area (TPSA) is 67.4 Å². The van der Waals surface area contributed by atoms with Crippen molar-refractivity contribution in [3.63, 3.8) is 0 Å². The highest BCUT2D eigenvalue weighted by molar-refractivity contribution is 6.16. The van der Waals surface area contributed by atoms with Crippen LogP contribution >= 0.6 is 0 Å². The van der Waals surface area contributed by atoms with Crippen LogP contribution in [0.2, 0.25) is 0 Å². The lowest BCUT2D eigenvalue weighted by molar-refractivity contribution is -0.137. The molecule has 148 valence electrons. The summed E-state index contributed by atoms with van der Waals surface area (Å²) in [7, 11) is 0. The summed E-state index contributed by atoms with van der Waals surface area (Å²) >= 11 is 0. The molecule has 28 heavy (non-hydrogen) atoms. The van der Waals surface area contributed by atoms with E-state index < -0.39 is 29.0 Å². The number of anilines is 2. The van der Waals surface area contributed by atoms with Crippen LogP contribution in [0, 0.1) is 5.41 Å². The molecular weight excluding hydrogens is 373 g/mol. The molecule has 5 nitrogen and oxygen atoms in total. The smallest absolute Gasteiger partial charge is 0.416 e. The minimum atomic E-state index is -4.51. The Morgan fingerprint density at radius 1 is 1.00 bits per heavy atom. The molecule has 0 aromatic heterocycles. The van der Waals surface area contributed by atoms with Crippen LogP contribution in [0.1, 0.15) is 25.3 Å². The highest BCUT2D eigenvalue weighted by Gasteiger charge is 2.56. The first-order chi connectivity index (χ1) is 13.2. The first-order valence-electron chi connectivity index (χ1n) is 8.77. The van der Waals surface area contributed by atoms with E-state index in [-0.39, 0.29) is 5.69 Å². The molecule has 8 heteroatoms. The maximum atomic E-state index is 12.8. The van der Waals surface area contributed by atoms with E-state index in [9.17, 15) is 22.8 Å². The minimum absolute atomic E-state index is 0.0000303. The molecule has 1 aliphatic carbocycles. The molecule has 2 aromatic carbocycles. The van der Waals surface area contributed by atoms with Crippen molar-refractivity contribution in [1.29, 1.82) is 0 Å². The summed E-state index contributed by atoms with van der Waals surface area (Å²) in [4.78, 5) is 25.1. The highest BCUT2D eigenvalue weighted by Crippen LogP contribution is 2.47. The Balaban J connectivity index is 1.67. The Morgan fingerprint density at radius 2 is 1.61 bits per heavy atom. The van der Waals surface area contributed by atoms with Gasteiger partial charge in [0.1, 0.15) is 11.2 Å². The molecule has 0 heterocycles. The standard InChI is InChI=1S/C20H19F3N2O3/c1-2-28-16-8-6-14(7-9-16)24-17(26)19(10-11-19)18(27)25-15-5-3-4-13(12-15)20(21,22)23/h3-9,12H,2,10-11H2,1H3,(H,24,26)(H,25,27). The first-order valence-corrected chi connectivity index (χ1v) is 8.77. The number of halogens is 3. The molecule has 0 bridgehead atoms. The van der Waals surface area contributed by atoms with Gasteiger partial charge in [-0.1, -0.05) is 6.07 Å². The van der Waals surface area contributed by atoms with E-state index in [2.05, 4.69) is 10.6 Å². The fourth-order valence-corrected chi connectivity index (χ4v) is 2.76. The zero-order valence-electron chi connectivity index (χ0n) is 15.1. The molecular formula is C20H19F3N2O3. The lowest BCUT2D eigenvalue weighted by Crippen LogP contribution is -2.35. The molecule has 0 radical (unpaired) electrons. The number of amides is 2. The summed E-state index contributed by atoms with van der Waals surface area (Å²) < 4.78 is 43.8. The third kappa shape index (κ3) is 4.27. The number of rotatable bonds is 6. The van der Waals surface area contributed by atoms with E-state index in [4.69, 9.17) is 4.74 Å². The van der Waals surface area contributed by atoms with Crippen molar-refractivity contribution in [2.75, 3.05) is 17.2 Å². The van der Waals surface area contributed by atoms with Crippen LogP contribution in [0.4, 0.5) is 24.5 Å². The molecule has 0 aliphatic heterocycles. The maximum absolute atomic E-state index is 12.8. The summed E-state index contributed by atoms with van der Waals surface area (Å²) in [5, 5.41) is 5.11. The Hall–Kier alpha value is -3.03. The molecule has 2 amide bonds. The summed E-state index contributed by atoms with van der Waals surface area (Å²) in [6.45, 7) is 2.38. The molecule has 3 rings (SSSR count). The fraction of sp³-hybridized carbons (Fsp3) is 0.300. The number of hydrogen-bond donors (Lipinski definition) is 2. The molecule has 1 saturated carbocycles. The third-order valence-electron chi connectivity index (χ3n) is 4.49.